The highest BCUT2D eigenvalue weighted by Crippen LogP contribution is 2.19. The smallest absolute Gasteiger partial charge is 0.303 e. The van der Waals surface area contributed by atoms with Crippen LogP contribution >= 0.6 is 0 Å². The van der Waals surface area contributed by atoms with Crippen LogP contribution in [0.1, 0.15) is 58.9 Å². The molecule has 0 aliphatic heterocycles. The van der Waals surface area contributed by atoms with Crippen LogP contribution < -0.4 is 21.7 Å². The number of nitrogens with one attached hydrogen (secondary N) is 4. The first-order chi connectivity index (χ1) is 18.5. The van der Waals surface area contributed by atoms with Gasteiger partial charge in [0.1, 0.15) is 18.4 Å². The molecule has 39 heavy (non-hydrogen) atoms. The van der Waals surface area contributed by atoms with E-state index in [1.54, 1.807) is 6.20 Å². The van der Waals surface area contributed by atoms with E-state index in [1.807, 2.05) is 52.0 Å². The van der Waals surface area contributed by atoms with Crippen molar-refractivity contribution in [2.24, 2.45) is 17.6 Å². The summed E-state index contributed by atoms with van der Waals surface area (Å²) in [7, 11) is 0. The molecule has 1 aromatic heterocycles. The molecule has 0 aliphatic rings. The molecule has 0 aliphatic carbocycles. The molecule has 1 aromatic carbocycles. The molecule has 0 fully saturated rings. The van der Waals surface area contributed by atoms with Crippen LogP contribution in [-0.2, 0) is 30.4 Å². The van der Waals surface area contributed by atoms with Gasteiger partial charge in [0.2, 0.25) is 17.7 Å². The largest absolute Gasteiger partial charge is 0.481 e. The van der Waals surface area contributed by atoms with Crippen LogP contribution in [0.2, 0.25) is 0 Å². The number of aromatic nitrogens is 1. The fourth-order valence-corrected chi connectivity index (χ4v) is 4.22. The molecule has 2 aromatic rings. The molecule has 1 heterocycles. The van der Waals surface area contributed by atoms with Gasteiger partial charge in [0.15, 0.2) is 0 Å². The number of aliphatic carboxylic acids is 1. The van der Waals surface area contributed by atoms with Gasteiger partial charge in [-0.3, -0.25) is 19.2 Å². The van der Waals surface area contributed by atoms with E-state index in [9.17, 15) is 24.0 Å². The van der Waals surface area contributed by atoms with Gasteiger partial charge in [-0.2, -0.15) is 0 Å². The highest BCUT2D eigenvalue weighted by atomic mass is 16.4. The number of rotatable bonds is 16. The van der Waals surface area contributed by atoms with E-state index in [4.69, 9.17) is 10.8 Å². The number of hydrogen-bond donors (Lipinski definition) is 6. The number of aromatic amines is 1. The van der Waals surface area contributed by atoms with Gasteiger partial charge in [0.05, 0.1) is 12.1 Å². The van der Waals surface area contributed by atoms with Crippen molar-refractivity contribution in [2.45, 2.75) is 84.0 Å². The molecule has 3 amide bonds. The number of nitrogens with two attached hydrogens (primary N) is 1. The third kappa shape index (κ3) is 9.51. The standard InChI is InChI=1S/C28H41N5O6/c1-5-17(4)25(29)28(39)33-22(12-16(2)3)27(38)32-23(26(37)31-19(15-34)10-11-24(35)36)13-18-14-30-21-9-7-6-8-20(18)21/h6-9,14-17,19,22-23,25,30H,5,10-13,29H2,1-4H3,(H,31,37)(H,32,38)(H,33,39)(H,35,36)/t17-,19-,22+,23-,25+/m1/s1. The highest BCUT2D eigenvalue weighted by Gasteiger charge is 2.31. The number of benzene rings is 1. The molecular formula is C28H41N5O6. The number of amides is 3. The Bertz CT molecular complexity index is 1150. The van der Waals surface area contributed by atoms with Crippen LogP contribution in [0.15, 0.2) is 30.5 Å². The molecule has 11 heteroatoms. The second-order valence-electron chi connectivity index (χ2n) is 10.4. The second kappa shape index (κ2) is 15.0. The van der Waals surface area contributed by atoms with Crippen molar-refractivity contribution in [1.82, 2.24) is 20.9 Å². The van der Waals surface area contributed by atoms with Crippen molar-refractivity contribution < 1.29 is 29.1 Å². The number of carbonyl (C=O) groups is 5. The molecule has 0 saturated carbocycles. The van der Waals surface area contributed by atoms with Crippen molar-refractivity contribution in [3.05, 3.63) is 36.0 Å². The van der Waals surface area contributed by atoms with Gasteiger partial charge < -0.3 is 36.6 Å². The summed E-state index contributed by atoms with van der Waals surface area (Å²) >= 11 is 0. The van der Waals surface area contributed by atoms with Crippen molar-refractivity contribution in [2.75, 3.05) is 0 Å². The average molecular weight is 544 g/mol. The fourth-order valence-electron chi connectivity index (χ4n) is 4.22. The zero-order valence-electron chi connectivity index (χ0n) is 23.0. The zero-order valence-corrected chi connectivity index (χ0v) is 23.0. The van der Waals surface area contributed by atoms with E-state index in [-0.39, 0.29) is 31.1 Å². The number of carbonyl (C=O) groups excluding carboxylic acids is 4. The average Bonchev–Trinajstić information content (AvgIpc) is 3.31. The lowest BCUT2D eigenvalue weighted by Gasteiger charge is -2.27. The summed E-state index contributed by atoms with van der Waals surface area (Å²) in [6.45, 7) is 7.60. The van der Waals surface area contributed by atoms with E-state index >= 15 is 0 Å². The summed E-state index contributed by atoms with van der Waals surface area (Å²) in [4.78, 5) is 65.2. The van der Waals surface area contributed by atoms with Crippen molar-refractivity contribution in [3.8, 4) is 0 Å². The third-order valence-corrected chi connectivity index (χ3v) is 6.79. The van der Waals surface area contributed by atoms with Crippen LogP contribution in [0.3, 0.4) is 0 Å². The first-order valence-electron chi connectivity index (χ1n) is 13.4. The maximum absolute atomic E-state index is 13.5. The van der Waals surface area contributed by atoms with Crippen LogP contribution in [0.5, 0.6) is 0 Å². The number of hydrogen-bond acceptors (Lipinski definition) is 6. The monoisotopic (exact) mass is 543 g/mol. The van der Waals surface area contributed by atoms with E-state index in [0.29, 0.717) is 19.1 Å². The summed E-state index contributed by atoms with van der Waals surface area (Å²) in [5, 5.41) is 17.9. The summed E-state index contributed by atoms with van der Waals surface area (Å²) in [5.74, 6) is -2.76. The predicted octanol–water partition coefficient (Wildman–Crippen LogP) is 1.65. The molecule has 0 bridgehead atoms. The molecular weight excluding hydrogens is 502 g/mol. The first-order valence-corrected chi connectivity index (χ1v) is 13.4. The molecule has 11 nitrogen and oxygen atoms in total. The number of para-hydroxylation sites is 1. The summed E-state index contributed by atoms with van der Waals surface area (Å²) in [6.07, 6.45) is 2.95. The molecule has 5 atom stereocenters. The van der Waals surface area contributed by atoms with Gasteiger partial charge in [0.25, 0.3) is 0 Å². The maximum atomic E-state index is 13.5. The lowest BCUT2D eigenvalue weighted by atomic mass is 9.97. The van der Waals surface area contributed by atoms with E-state index < -0.39 is 47.9 Å². The molecule has 7 N–H and O–H groups in total. The number of carboxylic acid groups (broad SMARTS) is 1. The fraction of sp³-hybridized carbons (Fsp3) is 0.536. The minimum Gasteiger partial charge on any atom is -0.481 e. The molecule has 214 valence electrons. The minimum atomic E-state index is -1.10. The number of fused-ring (bicyclic) bond motifs is 1. The van der Waals surface area contributed by atoms with Crippen molar-refractivity contribution >= 4 is 40.9 Å². The SMILES string of the molecule is CC[C@@H](C)[C@H](N)C(=O)N[C@@H](CC(C)C)C(=O)N[C@H](Cc1c[nH]c2ccccc12)C(=O)N[C@@H](C=O)CCC(=O)O. The normalized spacial score (nSPS) is 15.1. The van der Waals surface area contributed by atoms with Crippen LogP contribution in [0.25, 0.3) is 10.9 Å². The second-order valence-corrected chi connectivity index (χ2v) is 10.4. The van der Waals surface area contributed by atoms with Gasteiger partial charge in [0, 0.05) is 29.9 Å². The molecule has 0 saturated heterocycles. The summed E-state index contributed by atoms with van der Waals surface area (Å²) in [5.41, 5.74) is 7.70. The Balaban J connectivity index is 2.30. The van der Waals surface area contributed by atoms with E-state index in [0.717, 1.165) is 16.5 Å². The van der Waals surface area contributed by atoms with Crippen LogP contribution in [0, 0.1) is 11.8 Å². The van der Waals surface area contributed by atoms with E-state index in [2.05, 4.69) is 20.9 Å². The Labute approximate surface area is 228 Å². The first kappa shape index (κ1) is 31.5. The van der Waals surface area contributed by atoms with Crippen molar-refractivity contribution in [1.29, 1.82) is 0 Å². The Morgan fingerprint density at radius 3 is 2.26 bits per heavy atom. The zero-order chi connectivity index (χ0) is 29.1. The third-order valence-electron chi connectivity index (χ3n) is 6.79. The lowest BCUT2D eigenvalue weighted by molar-refractivity contribution is -0.137. The quantitative estimate of drug-likeness (QED) is 0.174. The molecule has 0 unspecified atom stereocenters. The Hall–Kier alpha value is -3.73. The van der Waals surface area contributed by atoms with Crippen molar-refractivity contribution in [3.63, 3.8) is 0 Å². The topological polar surface area (TPSA) is 183 Å². The van der Waals surface area contributed by atoms with E-state index in [1.165, 1.54) is 0 Å². The number of carboxylic acids is 1. The highest BCUT2D eigenvalue weighted by molar-refractivity contribution is 5.94. The molecule has 2 rings (SSSR count). The minimum absolute atomic E-state index is 0.0530. The van der Waals surface area contributed by atoms with Crippen LogP contribution in [0.4, 0.5) is 0 Å². The number of H-pyrrole nitrogens is 1. The summed E-state index contributed by atoms with van der Waals surface area (Å²) in [6, 6.07) is 3.65. The summed E-state index contributed by atoms with van der Waals surface area (Å²) < 4.78 is 0. The Morgan fingerprint density at radius 2 is 1.64 bits per heavy atom. The lowest BCUT2D eigenvalue weighted by Crippen LogP contribution is -2.58. The van der Waals surface area contributed by atoms with Gasteiger partial charge in [-0.1, -0.05) is 52.3 Å². The van der Waals surface area contributed by atoms with Gasteiger partial charge in [-0.15, -0.1) is 0 Å². The molecule has 0 radical (unpaired) electrons. The Morgan fingerprint density at radius 1 is 1.00 bits per heavy atom. The molecule has 0 spiro atoms. The van der Waals surface area contributed by atoms with Crippen LogP contribution in [-0.4, -0.2) is 64.2 Å². The maximum Gasteiger partial charge on any atom is 0.303 e. The van der Waals surface area contributed by atoms with Gasteiger partial charge >= 0.3 is 5.97 Å². The van der Waals surface area contributed by atoms with Gasteiger partial charge in [-0.05, 0) is 36.3 Å². The predicted molar refractivity (Wildman–Crippen MR) is 148 cm³/mol. The number of aldehydes is 1. The Kier molecular flexibility index (Phi) is 12.1. The van der Waals surface area contributed by atoms with Gasteiger partial charge in [-0.25, -0.2) is 0 Å².